The van der Waals surface area contributed by atoms with E-state index in [0.29, 0.717) is 22.2 Å². The Kier molecular flexibility index (Phi) is 9.10. The Labute approximate surface area is 195 Å². The van der Waals surface area contributed by atoms with Gasteiger partial charge in [0.15, 0.2) is 6.61 Å². The number of likely N-dealkylation sites (N-methyl/N-ethyl adjacent to an activating group) is 1. The molecule has 9 nitrogen and oxygen atoms in total. The van der Waals surface area contributed by atoms with E-state index in [9.17, 15) is 19.7 Å². The van der Waals surface area contributed by atoms with Gasteiger partial charge in [0.2, 0.25) is 11.7 Å². The predicted octanol–water partition coefficient (Wildman–Crippen LogP) is 3.84. The van der Waals surface area contributed by atoms with Crippen LogP contribution >= 0.6 is 23.2 Å². The third-order valence-corrected chi connectivity index (χ3v) is 5.30. The Morgan fingerprint density at radius 1 is 1.19 bits per heavy atom. The summed E-state index contributed by atoms with van der Waals surface area (Å²) in [6, 6.07) is 8.07. The van der Waals surface area contributed by atoms with Crippen molar-refractivity contribution in [3.63, 3.8) is 0 Å². The fraction of sp³-hybridized carbons (Fsp3) is 0.333. The van der Waals surface area contributed by atoms with Gasteiger partial charge in [-0.1, -0.05) is 29.3 Å². The molecule has 1 atom stereocenters. The van der Waals surface area contributed by atoms with Crippen molar-refractivity contribution in [1.82, 2.24) is 10.2 Å². The van der Waals surface area contributed by atoms with Gasteiger partial charge in [0.25, 0.3) is 5.91 Å². The molecule has 0 radical (unpaired) electrons. The molecule has 2 rings (SSSR count). The van der Waals surface area contributed by atoms with Crippen molar-refractivity contribution >= 4 is 40.7 Å². The normalized spacial score (nSPS) is 11.4. The topological polar surface area (TPSA) is 111 Å². The zero-order valence-electron chi connectivity index (χ0n) is 17.8. The highest BCUT2D eigenvalue weighted by molar-refractivity contribution is 6.42. The van der Waals surface area contributed by atoms with Crippen LogP contribution in [0.4, 0.5) is 5.69 Å². The molecule has 0 heterocycles. The number of halogens is 2. The summed E-state index contributed by atoms with van der Waals surface area (Å²) in [4.78, 5) is 37.2. The minimum atomic E-state index is -0.785. The number of carbonyl (C=O) groups excluding carboxylic acids is 2. The molecular formula is C21H23Cl2N3O6. The minimum Gasteiger partial charge on any atom is -0.490 e. The summed E-state index contributed by atoms with van der Waals surface area (Å²) in [5, 5.41) is 14.4. The number of nitrogens with one attached hydrogen (secondary N) is 1. The van der Waals surface area contributed by atoms with Crippen molar-refractivity contribution in [2.24, 2.45) is 0 Å². The summed E-state index contributed by atoms with van der Waals surface area (Å²) in [7, 11) is 1.30. The first-order chi connectivity index (χ1) is 15.2. The number of carbonyl (C=O) groups is 2. The standard InChI is InChI=1S/C21H23Cl2N3O6/c1-4-24-21(28)13(2)25(11-14-5-7-16(22)17(23)9-14)20(27)12-32-15-6-8-18(26(29)30)19(10-15)31-3/h5-10,13H,4,11-12H2,1-3H3,(H,24,28). The van der Waals surface area contributed by atoms with Gasteiger partial charge in [-0.3, -0.25) is 19.7 Å². The molecule has 2 amide bonds. The quantitative estimate of drug-likeness (QED) is 0.405. The number of nitro benzene ring substituents is 1. The second-order valence-corrected chi connectivity index (χ2v) is 7.53. The first-order valence-electron chi connectivity index (χ1n) is 9.64. The van der Waals surface area contributed by atoms with Gasteiger partial charge >= 0.3 is 5.69 Å². The number of hydrogen-bond acceptors (Lipinski definition) is 6. The lowest BCUT2D eigenvalue weighted by atomic mass is 10.1. The summed E-state index contributed by atoms with van der Waals surface area (Å²) in [5.74, 6) is -0.575. The van der Waals surface area contributed by atoms with Crippen LogP contribution in [0.15, 0.2) is 36.4 Å². The smallest absolute Gasteiger partial charge is 0.311 e. The molecular weight excluding hydrogens is 461 g/mol. The lowest BCUT2D eigenvalue weighted by Crippen LogP contribution is -2.49. The highest BCUT2D eigenvalue weighted by Gasteiger charge is 2.26. The first-order valence-corrected chi connectivity index (χ1v) is 10.4. The van der Waals surface area contributed by atoms with Crippen LogP contribution in [-0.2, 0) is 16.1 Å². The van der Waals surface area contributed by atoms with Gasteiger partial charge in [0.1, 0.15) is 11.8 Å². The van der Waals surface area contributed by atoms with Crippen LogP contribution in [-0.4, -0.2) is 47.9 Å². The summed E-state index contributed by atoms with van der Waals surface area (Å²) in [6.45, 7) is 3.50. The predicted molar refractivity (Wildman–Crippen MR) is 120 cm³/mol. The SMILES string of the molecule is CCNC(=O)C(C)N(Cc1ccc(Cl)c(Cl)c1)C(=O)COc1ccc([N+](=O)[O-])c(OC)c1. The molecule has 2 aromatic rings. The number of benzene rings is 2. The fourth-order valence-electron chi connectivity index (χ4n) is 2.87. The van der Waals surface area contributed by atoms with Crippen molar-refractivity contribution < 1.29 is 24.0 Å². The van der Waals surface area contributed by atoms with Crippen molar-refractivity contribution in [3.05, 3.63) is 62.1 Å². The van der Waals surface area contributed by atoms with E-state index in [1.807, 2.05) is 0 Å². The van der Waals surface area contributed by atoms with Crippen LogP contribution < -0.4 is 14.8 Å². The van der Waals surface area contributed by atoms with E-state index in [4.69, 9.17) is 32.7 Å². The van der Waals surface area contributed by atoms with E-state index >= 15 is 0 Å². The van der Waals surface area contributed by atoms with Crippen molar-refractivity contribution in [1.29, 1.82) is 0 Å². The zero-order chi connectivity index (χ0) is 23.8. The largest absolute Gasteiger partial charge is 0.490 e. The third-order valence-electron chi connectivity index (χ3n) is 4.57. The lowest BCUT2D eigenvalue weighted by Gasteiger charge is -2.28. The van der Waals surface area contributed by atoms with Crippen LogP contribution in [0.3, 0.4) is 0 Å². The maximum atomic E-state index is 13.0. The number of amides is 2. The molecule has 1 N–H and O–H groups in total. The summed E-state index contributed by atoms with van der Waals surface area (Å²) in [6.07, 6.45) is 0. The molecule has 0 aliphatic heterocycles. The number of rotatable bonds is 10. The maximum Gasteiger partial charge on any atom is 0.311 e. The molecule has 2 aromatic carbocycles. The molecule has 0 fully saturated rings. The van der Waals surface area contributed by atoms with Crippen molar-refractivity contribution in [2.45, 2.75) is 26.4 Å². The van der Waals surface area contributed by atoms with Gasteiger partial charge in [0.05, 0.1) is 22.1 Å². The second kappa shape index (κ2) is 11.5. The number of ether oxygens (including phenoxy) is 2. The van der Waals surface area contributed by atoms with E-state index in [1.54, 1.807) is 32.0 Å². The summed E-state index contributed by atoms with van der Waals surface area (Å²) in [5.41, 5.74) is 0.457. The van der Waals surface area contributed by atoms with Crippen LogP contribution in [0.2, 0.25) is 10.0 Å². The molecule has 0 bridgehead atoms. The van der Waals surface area contributed by atoms with Crippen LogP contribution in [0.5, 0.6) is 11.5 Å². The molecule has 0 aliphatic carbocycles. The van der Waals surface area contributed by atoms with Crippen LogP contribution in [0.25, 0.3) is 0 Å². The van der Waals surface area contributed by atoms with E-state index in [0.717, 1.165) is 0 Å². The molecule has 0 aliphatic rings. The lowest BCUT2D eigenvalue weighted by molar-refractivity contribution is -0.385. The van der Waals surface area contributed by atoms with E-state index in [2.05, 4.69) is 5.32 Å². The van der Waals surface area contributed by atoms with Crippen LogP contribution in [0.1, 0.15) is 19.4 Å². The Morgan fingerprint density at radius 3 is 2.50 bits per heavy atom. The Balaban J connectivity index is 2.20. The number of hydrogen-bond donors (Lipinski definition) is 1. The van der Waals surface area contributed by atoms with Crippen LogP contribution in [0, 0.1) is 10.1 Å². The van der Waals surface area contributed by atoms with E-state index < -0.39 is 23.5 Å². The summed E-state index contributed by atoms with van der Waals surface area (Å²) >= 11 is 12.0. The Morgan fingerprint density at radius 2 is 1.91 bits per heavy atom. The van der Waals surface area contributed by atoms with E-state index in [-0.39, 0.29) is 29.6 Å². The van der Waals surface area contributed by atoms with Gasteiger partial charge in [-0.25, -0.2) is 0 Å². The summed E-state index contributed by atoms with van der Waals surface area (Å²) < 4.78 is 10.5. The number of methoxy groups -OCH3 is 1. The molecule has 1 unspecified atom stereocenters. The molecule has 11 heteroatoms. The van der Waals surface area contributed by atoms with Gasteiger partial charge in [-0.05, 0) is 37.6 Å². The molecule has 32 heavy (non-hydrogen) atoms. The molecule has 172 valence electrons. The van der Waals surface area contributed by atoms with Gasteiger partial charge in [-0.15, -0.1) is 0 Å². The van der Waals surface area contributed by atoms with Gasteiger partial charge in [0, 0.05) is 25.2 Å². The molecule has 0 saturated heterocycles. The van der Waals surface area contributed by atoms with Gasteiger partial charge < -0.3 is 19.7 Å². The average Bonchev–Trinajstić information content (AvgIpc) is 2.77. The maximum absolute atomic E-state index is 13.0. The van der Waals surface area contributed by atoms with E-state index in [1.165, 1.54) is 30.2 Å². The monoisotopic (exact) mass is 483 g/mol. The number of nitrogens with zero attached hydrogens (tertiary/aromatic N) is 2. The molecule has 0 saturated carbocycles. The average molecular weight is 484 g/mol. The Bertz CT molecular complexity index is 1000. The fourth-order valence-corrected chi connectivity index (χ4v) is 3.19. The van der Waals surface area contributed by atoms with Crippen molar-refractivity contribution in [2.75, 3.05) is 20.3 Å². The van der Waals surface area contributed by atoms with Crippen molar-refractivity contribution in [3.8, 4) is 11.5 Å². The highest BCUT2D eigenvalue weighted by Crippen LogP contribution is 2.31. The molecule has 0 spiro atoms. The second-order valence-electron chi connectivity index (χ2n) is 6.72. The Hall–Kier alpha value is -3.04. The zero-order valence-corrected chi connectivity index (χ0v) is 19.3. The van der Waals surface area contributed by atoms with Gasteiger partial charge in [-0.2, -0.15) is 0 Å². The highest BCUT2D eigenvalue weighted by atomic mass is 35.5. The molecule has 0 aromatic heterocycles. The first kappa shape index (κ1) is 25.2. The number of nitro groups is 1. The minimum absolute atomic E-state index is 0.00306. The third kappa shape index (κ3) is 6.48.